The molecule has 0 unspecified atom stereocenters. The molecule has 3 rings (SSSR count). The minimum Gasteiger partial charge on any atom is -0.279 e. The van der Waals surface area contributed by atoms with E-state index in [0.717, 1.165) is 16.8 Å². The smallest absolute Gasteiger partial charge is 0.271 e. The van der Waals surface area contributed by atoms with E-state index in [1.165, 1.54) is 0 Å². The van der Waals surface area contributed by atoms with Gasteiger partial charge in [0.25, 0.3) is 5.91 Å². The maximum atomic E-state index is 12.0. The van der Waals surface area contributed by atoms with E-state index in [1.807, 2.05) is 33.7 Å². The molecule has 1 amide bonds. The van der Waals surface area contributed by atoms with Crippen LogP contribution in [0.1, 0.15) is 21.5 Å². The van der Waals surface area contributed by atoms with E-state index in [9.17, 15) is 4.79 Å². The van der Waals surface area contributed by atoms with Crippen molar-refractivity contribution in [3.8, 4) is 0 Å². The minimum atomic E-state index is -0.255. The van der Waals surface area contributed by atoms with Crippen molar-refractivity contribution in [2.24, 2.45) is 10.2 Å². The first-order chi connectivity index (χ1) is 11.8. The van der Waals surface area contributed by atoms with Crippen LogP contribution >= 0.6 is 22.7 Å². The third-order valence-corrected chi connectivity index (χ3v) is 4.42. The van der Waals surface area contributed by atoms with Gasteiger partial charge in [0.05, 0.1) is 18.1 Å². The van der Waals surface area contributed by atoms with Crippen LogP contribution in [-0.2, 0) is 0 Å². The Labute approximate surface area is 147 Å². The number of amides is 1. The lowest BCUT2D eigenvalue weighted by atomic mass is 10.2. The van der Waals surface area contributed by atoms with Gasteiger partial charge >= 0.3 is 0 Å². The van der Waals surface area contributed by atoms with E-state index >= 15 is 0 Å². The minimum absolute atomic E-state index is 0.255. The van der Waals surface area contributed by atoms with Gasteiger partial charge in [0.2, 0.25) is 0 Å². The fourth-order valence-corrected chi connectivity index (χ4v) is 3.03. The second-order valence-corrected chi connectivity index (χ2v) is 6.32. The molecule has 0 saturated heterocycles. The summed E-state index contributed by atoms with van der Waals surface area (Å²) in [5, 5.41) is 16.0. The summed E-state index contributed by atoms with van der Waals surface area (Å²) in [7, 11) is 0. The number of benzene rings is 1. The molecule has 120 valence electrons. The van der Waals surface area contributed by atoms with Crippen LogP contribution in [0.5, 0.6) is 0 Å². The van der Waals surface area contributed by atoms with E-state index in [-0.39, 0.29) is 5.91 Å². The molecular weight excluding hydrogens is 340 g/mol. The van der Waals surface area contributed by atoms with E-state index in [0.29, 0.717) is 5.56 Å². The second-order valence-electron chi connectivity index (χ2n) is 4.76. The predicted molar refractivity (Wildman–Crippen MR) is 101 cm³/mol. The average molecular weight is 354 g/mol. The maximum absolute atomic E-state index is 12.0. The highest BCUT2D eigenvalue weighted by Crippen LogP contribution is 2.10. The molecule has 0 fully saturated rings. The van der Waals surface area contributed by atoms with Crippen molar-refractivity contribution < 1.29 is 4.79 Å². The molecule has 5 nitrogen and oxygen atoms in total. The Morgan fingerprint density at radius 3 is 2.08 bits per heavy atom. The van der Waals surface area contributed by atoms with Crippen molar-refractivity contribution >= 4 is 46.7 Å². The molecule has 0 saturated carbocycles. The lowest BCUT2D eigenvalue weighted by Gasteiger charge is -2.02. The topological polar surface area (TPSA) is 65.8 Å². The van der Waals surface area contributed by atoms with Crippen LogP contribution in [0.4, 0.5) is 5.69 Å². The Kier molecular flexibility index (Phi) is 5.49. The SMILES string of the molecule is O=C(N/N=C\c1ccsc1)c1ccc(N/N=C\c2ccsc2)cc1. The highest BCUT2D eigenvalue weighted by molar-refractivity contribution is 7.08. The summed E-state index contributed by atoms with van der Waals surface area (Å²) >= 11 is 3.20. The van der Waals surface area contributed by atoms with Crippen molar-refractivity contribution in [1.29, 1.82) is 0 Å². The lowest BCUT2D eigenvalue weighted by molar-refractivity contribution is 0.0955. The molecule has 24 heavy (non-hydrogen) atoms. The average Bonchev–Trinajstić information content (AvgIpc) is 3.29. The van der Waals surface area contributed by atoms with E-state index in [2.05, 4.69) is 21.1 Å². The summed E-state index contributed by atoms with van der Waals surface area (Å²) in [5.74, 6) is -0.255. The van der Waals surface area contributed by atoms with Gasteiger partial charge < -0.3 is 0 Å². The Morgan fingerprint density at radius 1 is 0.875 bits per heavy atom. The van der Waals surface area contributed by atoms with Gasteiger partial charge in [-0.3, -0.25) is 10.2 Å². The summed E-state index contributed by atoms with van der Waals surface area (Å²) < 4.78 is 0. The molecule has 2 heterocycles. The zero-order valence-corrected chi connectivity index (χ0v) is 14.2. The normalized spacial score (nSPS) is 11.2. The highest BCUT2D eigenvalue weighted by Gasteiger charge is 2.03. The van der Waals surface area contributed by atoms with Crippen LogP contribution < -0.4 is 10.9 Å². The number of hydrazone groups is 2. The van der Waals surface area contributed by atoms with E-state index < -0.39 is 0 Å². The lowest BCUT2D eigenvalue weighted by Crippen LogP contribution is -2.17. The Morgan fingerprint density at radius 2 is 1.50 bits per heavy atom. The molecule has 0 radical (unpaired) electrons. The zero-order valence-electron chi connectivity index (χ0n) is 12.5. The van der Waals surface area contributed by atoms with Gasteiger partial charge in [-0.1, -0.05) is 0 Å². The van der Waals surface area contributed by atoms with Crippen molar-refractivity contribution in [3.05, 3.63) is 74.6 Å². The molecule has 0 atom stereocenters. The number of anilines is 1. The summed E-state index contributed by atoms with van der Waals surface area (Å²) in [6.07, 6.45) is 3.36. The number of nitrogens with one attached hydrogen (secondary N) is 2. The van der Waals surface area contributed by atoms with Crippen LogP contribution in [0.2, 0.25) is 0 Å². The van der Waals surface area contributed by atoms with Gasteiger partial charge in [-0.15, -0.1) is 0 Å². The first kappa shape index (κ1) is 16.1. The van der Waals surface area contributed by atoms with Crippen molar-refractivity contribution in [1.82, 2.24) is 5.43 Å². The highest BCUT2D eigenvalue weighted by atomic mass is 32.1. The first-order valence-corrected chi connectivity index (χ1v) is 8.97. The van der Waals surface area contributed by atoms with Crippen molar-refractivity contribution in [2.75, 3.05) is 5.43 Å². The molecule has 7 heteroatoms. The fourth-order valence-electron chi connectivity index (χ4n) is 1.80. The standard InChI is InChI=1S/C17H14N4OS2/c22-17(21-19-10-14-6-8-24-12-14)15-1-3-16(4-2-15)20-18-9-13-5-7-23-11-13/h1-12,20H,(H,21,22)/b18-9-,19-10-. The first-order valence-electron chi connectivity index (χ1n) is 7.08. The molecule has 1 aromatic carbocycles. The van der Waals surface area contributed by atoms with Gasteiger partial charge in [0.1, 0.15) is 0 Å². The van der Waals surface area contributed by atoms with Crippen molar-refractivity contribution in [2.45, 2.75) is 0 Å². The molecule has 0 bridgehead atoms. The van der Waals surface area contributed by atoms with Crippen LogP contribution in [0, 0.1) is 0 Å². The second kappa shape index (κ2) is 8.19. The Hall–Kier alpha value is -2.77. The van der Waals surface area contributed by atoms with Gasteiger partial charge in [-0.25, -0.2) is 5.43 Å². The fraction of sp³-hybridized carbons (Fsp3) is 0. The number of thiophene rings is 2. The number of carbonyl (C=O) groups excluding carboxylic acids is 1. The number of rotatable bonds is 6. The number of nitrogens with zero attached hydrogens (tertiary/aromatic N) is 2. The van der Waals surface area contributed by atoms with Crippen molar-refractivity contribution in [3.63, 3.8) is 0 Å². The summed E-state index contributed by atoms with van der Waals surface area (Å²) in [6.45, 7) is 0. The molecule has 3 aromatic rings. The molecule has 0 aliphatic carbocycles. The van der Waals surface area contributed by atoms with E-state index in [4.69, 9.17) is 0 Å². The summed E-state index contributed by atoms with van der Waals surface area (Å²) in [4.78, 5) is 12.0. The Bertz CT molecular complexity index is 822. The molecule has 0 aliphatic heterocycles. The van der Waals surface area contributed by atoms with Gasteiger partial charge in [0.15, 0.2) is 0 Å². The van der Waals surface area contributed by atoms with Gasteiger partial charge in [0, 0.05) is 16.7 Å². The number of hydrogen-bond acceptors (Lipinski definition) is 6. The van der Waals surface area contributed by atoms with Crippen LogP contribution in [0.25, 0.3) is 0 Å². The van der Waals surface area contributed by atoms with E-state index in [1.54, 1.807) is 59.4 Å². The monoisotopic (exact) mass is 354 g/mol. The summed E-state index contributed by atoms with van der Waals surface area (Å²) in [6, 6.07) is 10.9. The molecule has 0 spiro atoms. The molecular formula is C17H14N4OS2. The summed E-state index contributed by atoms with van der Waals surface area (Å²) in [5.41, 5.74) is 8.78. The van der Waals surface area contributed by atoms with Crippen LogP contribution in [0.15, 0.2) is 68.1 Å². The van der Waals surface area contributed by atoms with Crippen LogP contribution in [0.3, 0.4) is 0 Å². The Balaban J connectivity index is 1.52. The third-order valence-electron chi connectivity index (χ3n) is 3.02. The number of hydrogen-bond donors (Lipinski definition) is 2. The quantitative estimate of drug-likeness (QED) is 0.519. The molecule has 2 N–H and O–H groups in total. The molecule has 0 aliphatic rings. The number of carbonyl (C=O) groups is 1. The van der Waals surface area contributed by atoms with Gasteiger partial charge in [-0.05, 0) is 57.9 Å². The maximum Gasteiger partial charge on any atom is 0.271 e. The molecule has 2 aromatic heterocycles. The zero-order chi connectivity index (χ0) is 16.6. The third kappa shape index (κ3) is 4.61. The predicted octanol–water partition coefficient (Wildman–Crippen LogP) is 4.02. The van der Waals surface area contributed by atoms with Gasteiger partial charge in [-0.2, -0.15) is 32.9 Å². The largest absolute Gasteiger partial charge is 0.279 e. The van der Waals surface area contributed by atoms with Crippen LogP contribution in [-0.4, -0.2) is 18.3 Å².